The van der Waals surface area contributed by atoms with E-state index in [2.05, 4.69) is 0 Å². The minimum Gasteiger partial charge on any atom is -0.344 e. The molecule has 0 saturated heterocycles. The van der Waals surface area contributed by atoms with Crippen LogP contribution in [-0.2, 0) is 10.4 Å². The Kier molecular flexibility index (Phi) is 9.73. The molecule has 0 aliphatic rings. The van der Waals surface area contributed by atoms with Crippen molar-refractivity contribution in [3.8, 4) is 0 Å². The van der Waals surface area contributed by atoms with Gasteiger partial charge in [-0.15, -0.1) is 0 Å². The number of hydrogen-bond acceptors (Lipinski definition) is 3. The van der Waals surface area contributed by atoms with Gasteiger partial charge in [0.05, 0.1) is 0 Å². The number of rotatable bonds is 0. The smallest absolute Gasteiger partial charge is 0.344 e. The van der Waals surface area contributed by atoms with Gasteiger partial charge in [0, 0.05) is 0 Å². The van der Waals surface area contributed by atoms with Gasteiger partial charge >= 0.3 is 10.4 Å². The third-order valence-corrected chi connectivity index (χ3v) is 0. The van der Waals surface area contributed by atoms with Gasteiger partial charge in [0.25, 0.3) is 0 Å². The van der Waals surface area contributed by atoms with Crippen molar-refractivity contribution < 1.29 is 17.5 Å². The summed E-state index contributed by atoms with van der Waals surface area (Å²) in [5.74, 6) is 0. The average molecular weight is 149 g/mol. The van der Waals surface area contributed by atoms with Crippen LogP contribution in [0, 0.1) is 0 Å². The first kappa shape index (κ1) is 15.7. The summed E-state index contributed by atoms with van der Waals surface area (Å²) in [4.78, 5) is 0. The Bertz CT molecular complexity index is 92.9. The molecule has 7 heteroatoms. The highest BCUT2D eigenvalue weighted by atomic mass is 32.3. The summed E-state index contributed by atoms with van der Waals surface area (Å²) in [6, 6.07) is 0. The topological polar surface area (TPSA) is 110 Å². The van der Waals surface area contributed by atoms with Crippen molar-refractivity contribution in [1.29, 1.82) is 0 Å². The van der Waals surface area contributed by atoms with Crippen LogP contribution in [0.2, 0.25) is 0 Å². The molecule has 48 valence electrons. The van der Waals surface area contributed by atoms with Crippen molar-refractivity contribution in [3.05, 3.63) is 0 Å². The molecular formula is H7NO4S2. The van der Waals surface area contributed by atoms with Gasteiger partial charge in [0.1, 0.15) is 0 Å². The molecule has 0 aromatic heterocycles. The fraction of sp³-hybridized carbons (Fsp3) is 0. The van der Waals surface area contributed by atoms with Gasteiger partial charge in [0.15, 0.2) is 0 Å². The molecule has 0 radical (unpaired) electrons. The Morgan fingerprint density at radius 2 is 1.14 bits per heavy atom. The quantitative estimate of drug-likeness (QED) is 0.407. The molecule has 0 spiro atoms. The van der Waals surface area contributed by atoms with Crippen molar-refractivity contribution in [2.24, 2.45) is 0 Å². The Morgan fingerprint density at radius 1 is 1.14 bits per heavy atom. The first-order valence-electron chi connectivity index (χ1n) is 0.698. The zero-order chi connectivity index (χ0) is 4.50. The largest absolute Gasteiger partial charge is 0.394 e. The van der Waals surface area contributed by atoms with E-state index in [0.29, 0.717) is 0 Å². The van der Waals surface area contributed by atoms with Crippen LogP contribution in [0.15, 0.2) is 0 Å². The van der Waals surface area contributed by atoms with Crippen LogP contribution in [0.4, 0.5) is 0 Å². The molecule has 0 aliphatic carbocycles. The molecule has 0 fully saturated rings. The van der Waals surface area contributed by atoms with Gasteiger partial charge in [-0.05, 0) is 0 Å². The lowest BCUT2D eigenvalue weighted by Gasteiger charge is -1.68. The van der Waals surface area contributed by atoms with Crippen LogP contribution < -0.4 is 6.15 Å². The minimum absolute atomic E-state index is 0. The SMILES string of the molecule is N.O=S(=O)(O)O.S. The highest BCUT2D eigenvalue weighted by Gasteiger charge is 1.84. The summed E-state index contributed by atoms with van der Waals surface area (Å²) in [6.07, 6.45) is 0. The van der Waals surface area contributed by atoms with Crippen molar-refractivity contribution >= 4 is 23.9 Å². The maximum absolute atomic E-state index is 8.74. The lowest BCUT2D eigenvalue weighted by atomic mass is 14.0. The summed E-state index contributed by atoms with van der Waals surface area (Å²) < 4.78 is 31.6. The molecule has 0 heterocycles. The normalized spacial score (nSPS) is 8.29. The molecule has 0 atom stereocenters. The minimum atomic E-state index is -4.67. The third kappa shape index (κ3) is 3330. The van der Waals surface area contributed by atoms with Crippen LogP contribution in [0.3, 0.4) is 0 Å². The zero-order valence-corrected chi connectivity index (χ0v) is 5.14. The average Bonchev–Trinajstić information content (AvgIpc) is 0.722. The van der Waals surface area contributed by atoms with Crippen molar-refractivity contribution in [2.45, 2.75) is 0 Å². The van der Waals surface area contributed by atoms with Gasteiger partial charge in [-0.2, -0.15) is 21.9 Å². The molecule has 5 N–H and O–H groups in total. The van der Waals surface area contributed by atoms with Gasteiger partial charge in [-0.25, -0.2) is 0 Å². The van der Waals surface area contributed by atoms with E-state index in [1.165, 1.54) is 0 Å². The van der Waals surface area contributed by atoms with Crippen LogP contribution in [-0.4, -0.2) is 17.5 Å². The second-order valence-corrected chi connectivity index (χ2v) is 1.34. The van der Waals surface area contributed by atoms with Crippen molar-refractivity contribution in [1.82, 2.24) is 6.15 Å². The van der Waals surface area contributed by atoms with Crippen LogP contribution >= 0.6 is 13.5 Å². The van der Waals surface area contributed by atoms with E-state index < -0.39 is 10.4 Å². The summed E-state index contributed by atoms with van der Waals surface area (Å²) in [5.41, 5.74) is 0. The molecule has 0 aromatic rings. The van der Waals surface area contributed by atoms with Crippen LogP contribution in [0.5, 0.6) is 0 Å². The molecule has 0 aliphatic heterocycles. The van der Waals surface area contributed by atoms with Gasteiger partial charge in [-0.1, -0.05) is 0 Å². The molecule has 0 unspecified atom stereocenters. The fourth-order valence-electron chi connectivity index (χ4n) is 0. The van der Waals surface area contributed by atoms with Crippen LogP contribution in [0.25, 0.3) is 0 Å². The van der Waals surface area contributed by atoms with Gasteiger partial charge < -0.3 is 6.15 Å². The van der Waals surface area contributed by atoms with Crippen molar-refractivity contribution in [2.75, 3.05) is 0 Å². The molecule has 7 heavy (non-hydrogen) atoms. The molecule has 0 aromatic carbocycles. The lowest BCUT2D eigenvalue weighted by molar-refractivity contribution is 0.381. The van der Waals surface area contributed by atoms with Crippen molar-refractivity contribution in [3.63, 3.8) is 0 Å². The Balaban J connectivity index is -0.0000000800. The van der Waals surface area contributed by atoms with E-state index in [-0.39, 0.29) is 19.6 Å². The van der Waals surface area contributed by atoms with E-state index in [0.717, 1.165) is 0 Å². The summed E-state index contributed by atoms with van der Waals surface area (Å²) in [7, 11) is -4.67. The third-order valence-electron chi connectivity index (χ3n) is 0. The molecule has 0 saturated carbocycles. The summed E-state index contributed by atoms with van der Waals surface area (Å²) in [5, 5.41) is 0. The lowest BCUT2D eigenvalue weighted by Crippen LogP contribution is -1.89. The van der Waals surface area contributed by atoms with Gasteiger partial charge in [0.2, 0.25) is 0 Å². The summed E-state index contributed by atoms with van der Waals surface area (Å²) >= 11 is 0. The Labute approximate surface area is 48.3 Å². The van der Waals surface area contributed by atoms with E-state index in [1.54, 1.807) is 0 Å². The first-order valence-corrected chi connectivity index (χ1v) is 2.10. The van der Waals surface area contributed by atoms with E-state index in [1.807, 2.05) is 0 Å². The maximum Gasteiger partial charge on any atom is 0.394 e. The number of hydrogen-bond donors (Lipinski definition) is 3. The Morgan fingerprint density at radius 3 is 1.14 bits per heavy atom. The fourth-order valence-corrected chi connectivity index (χ4v) is 0. The highest BCUT2D eigenvalue weighted by molar-refractivity contribution is 7.79. The Hall–Kier alpha value is 0.180. The van der Waals surface area contributed by atoms with Crippen LogP contribution in [0.1, 0.15) is 0 Å². The molecule has 5 nitrogen and oxygen atoms in total. The summed E-state index contributed by atoms with van der Waals surface area (Å²) in [6.45, 7) is 0. The van der Waals surface area contributed by atoms with E-state index in [9.17, 15) is 0 Å². The second kappa shape index (κ2) is 4.34. The predicted molar refractivity (Wildman–Crippen MR) is 29.6 cm³/mol. The molecule has 0 rings (SSSR count). The molecule has 0 amide bonds. The molecular weight excluding hydrogens is 142 g/mol. The second-order valence-electron chi connectivity index (χ2n) is 0.448. The van der Waals surface area contributed by atoms with E-state index >= 15 is 0 Å². The first-order chi connectivity index (χ1) is 2.00. The molecule has 0 bridgehead atoms. The van der Waals surface area contributed by atoms with E-state index in [4.69, 9.17) is 17.5 Å². The van der Waals surface area contributed by atoms with Gasteiger partial charge in [-0.3, -0.25) is 9.11 Å². The zero-order valence-electron chi connectivity index (χ0n) is 3.33. The predicted octanol–water partition coefficient (Wildman–Crippen LogP) is -0.378. The highest BCUT2D eigenvalue weighted by Crippen LogP contribution is 1.59. The monoisotopic (exact) mass is 149 g/mol. The maximum atomic E-state index is 8.74. The standard InChI is InChI=1S/H3N.H2O4S.H2S/c;1-5(2,3)4;/h1H3;(H2,1,2,3,4);1H2.